The van der Waals surface area contributed by atoms with Crippen molar-refractivity contribution in [2.45, 2.75) is 18.4 Å². The van der Waals surface area contributed by atoms with Gasteiger partial charge in [-0.2, -0.15) is 3.97 Å². The first-order valence-corrected chi connectivity index (χ1v) is 9.79. The van der Waals surface area contributed by atoms with Gasteiger partial charge in [0.05, 0.1) is 12.0 Å². The van der Waals surface area contributed by atoms with E-state index in [4.69, 9.17) is 4.74 Å². The Morgan fingerprint density at radius 1 is 1.04 bits per heavy atom. The summed E-state index contributed by atoms with van der Waals surface area (Å²) in [6, 6.07) is 12.9. The molecule has 9 heteroatoms. The molecule has 0 aliphatic heterocycles. The fourth-order valence-electron chi connectivity index (χ4n) is 2.55. The number of aryl methyl sites for hydroxylation is 1. The third-order valence-corrected chi connectivity index (χ3v) is 5.75. The largest absolute Gasteiger partial charge is 0.497 e. The summed E-state index contributed by atoms with van der Waals surface area (Å²) in [7, 11) is -2.49. The number of rotatable bonds is 6. The molecule has 8 nitrogen and oxygen atoms in total. The Hall–Kier alpha value is -3.33. The van der Waals surface area contributed by atoms with Gasteiger partial charge in [0.15, 0.2) is 0 Å². The number of aromatic nitrogens is 2. The van der Waals surface area contributed by atoms with E-state index in [1.807, 2.05) is 6.92 Å². The van der Waals surface area contributed by atoms with E-state index in [-0.39, 0.29) is 11.4 Å². The van der Waals surface area contributed by atoms with Crippen molar-refractivity contribution in [1.82, 2.24) is 8.54 Å². The highest BCUT2D eigenvalue weighted by Crippen LogP contribution is 2.15. The van der Waals surface area contributed by atoms with E-state index in [2.05, 4.69) is 5.32 Å². The second-order valence-electron chi connectivity index (χ2n) is 6.10. The van der Waals surface area contributed by atoms with Gasteiger partial charge >= 0.3 is 5.69 Å². The maximum atomic E-state index is 12.7. The van der Waals surface area contributed by atoms with Crippen LogP contribution in [0.5, 0.6) is 5.75 Å². The molecule has 3 rings (SSSR count). The lowest BCUT2D eigenvalue weighted by molar-refractivity contribution is -0.116. The summed E-state index contributed by atoms with van der Waals surface area (Å²) >= 11 is 0. The van der Waals surface area contributed by atoms with Crippen LogP contribution < -0.4 is 15.7 Å². The minimum Gasteiger partial charge on any atom is -0.497 e. The second-order valence-corrected chi connectivity index (χ2v) is 7.91. The van der Waals surface area contributed by atoms with E-state index in [0.29, 0.717) is 15.4 Å². The fraction of sp³-hybridized carbons (Fsp3) is 0.158. The Morgan fingerprint density at radius 3 is 2.29 bits per heavy atom. The van der Waals surface area contributed by atoms with Crippen LogP contribution in [0.15, 0.2) is 70.6 Å². The number of nitrogens with one attached hydrogen (secondary N) is 1. The van der Waals surface area contributed by atoms with Crippen molar-refractivity contribution < 1.29 is 17.9 Å². The number of nitrogens with zero attached hydrogens (tertiary/aromatic N) is 2. The van der Waals surface area contributed by atoms with Crippen molar-refractivity contribution in [3.05, 3.63) is 77.0 Å². The lowest BCUT2D eigenvalue weighted by Gasteiger charge is -2.07. The van der Waals surface area contributed by atoms with Gasteiger partial charge in [0, 0.05) is 18.1 Å². The number of ether oxygens (including phenoxy) is 1. The Balaban J connectivity index is 1.78. The van der Waals surface area contributed by atoms with Crippen LogP contribution >= 0.6 is 0 Å². The van der Waals surface area contributed by atoms with Crippen LogP contribution in [0.2, 0.25) is 0 Å². The monoisotopic (exact) mass is 401 g/mol. The van der Waals surface area contributed by atoms with Crippen molar-refractivity contribution in [2.24, 2.45) is 0 Å². The van der Waals surface area contributed by atoms with Crippen LogP contribution in [0.25, 0.3) is 0 Å². The van der Waals surface area contributed by atoms with Gasteiger partial charge in [0.25, 0.3) is 10.0 Å². The molecule has 0 spiro atoms. The minimum atomic E-state index is -4.03. The molecular weight excluding hydrogens is 382 g/mol. The summed E-state index contributed by atoms with van der Waals surface area (Å²) in [5.41, 5.74) is 0.620. The molecule has 0 unspecified atom stereocenters. The molecule has 146 valence electrons. The first kappa shape index (κ1) is 19.4. The zero-order valence-corrected chi connectivity index (χ0v) is 16.1. The molecule has 28 heavy (non-hydrogen) atoms. The molecule has 0 fully saturated rings. The third kappa shape index (κ3) is 3.99. The standard InChI is InChI=1S/C19H19N3O5S/c1-14-3-9-17(10-4-14)28(25,26)22-12-11-21(19(22)24)13-18(23)20-15-5-7-16(27-2)8-6-15/h3-12H,13H2,1-2H3,(H,20,23). The zero-order chi connectivity index (χ0) is 20.3. The first-order chi connectivity index (χ1) is 13.3. The number of hydrogen-bond acceptors (Lipinski definition) is 5. The summed E-state index contributed by atoms with van der Waals surface area (Å²) in [5.74, 6) is 0.186. The zero-order valence-electron chi connectivity index (χ0n) is 15.3. The number of hydrogen-bond donors (Lipinski definition) is 1. The summed E-state index contributed by atoms with van der Waals surface area (Å²) in [4.78, 5) is 24.7. The van der Waals surface area contributed by atoms with Gasteiger partial charge in [-0.25, -0.2) is 13.2 Å². The van der Waals surface area contributed by atoms with E-state index in [9.17, 15) is 18.0 Å². The van der Waals surface area contributed by atoms with Crippen LogP contribution in [0, 0.1) is 6.92 Å². The number of anilines is 1. The average Bonchev–Trinajstić information content (AvgIpc) is 3.03. The lowest BCUT2D eigenvalue weighted by atomic mass is 10.2. The summed E-state index contributed by atoms with van der Waals surface area (Å²) in [6.07, 6.45) is 2.40. The predicted octanol–water partition coefficient (Wildman–Crippen LogP) is 1.84. The van der Waals surface area contributed by atoms with Gasteiger partial charge in [-0.05, 0) is 43.3 Å². The SMILES string of the molecule is COc1ccc(NC(=O)Cn2ccn(S(=O)(=O)c3ccc(C)cc3)c2=O)cc1. The number of methoxy groups -OCH3 is 1. The van der Waals surface area contributed by atoms with E-state index in [0.717, 1.165) is 16.3 Å². The van der Waals surface area contributed by atoms with Gasteiger partial charge in [0.1, 0.15) is 12.3 Å². The number of amides is 1. The van der Waals surface area contributed by atoms with Crippen molar-refractivity contribution in [3.8, 4) is 5.75 Å². The topological polar surface area (TPSA) is 99.4 Å². The molecule has 0 bridgehead atoms. The summed E-state index contributed by atoms with van der Waals surface area (Å²) < 4.78 is 32.0. The number of carbonyl (C=O) groups is 1. The first-order valence-electron chi connectivity index (χ1n) is 8.35. The van der Waals surface area contributed by atoms with Gasteiger partial charge in [-0.1, -0.05) is 17.7 Å². The molecule has 0 aliphatic rings. The molecule has 0 aliphatic carbocycles. The molecule has 3 aromatic rings. The highest BCUT2D eigenvalue weighted by Gasteiger charge is 2.21. The third-order valence-electron chi connectivity index (χ3n) is 4.08. The second kappa shape index (κ2) is 7.73. The van der Waals surface area contributed by atoms with E-state index in [1.165, 1.54) is 25.4 Å². The fourth-order valence-corrected chi connectivity index (χ4v) is 3.78. The van der Waals surface area contributed by atoms with E-state index in [1.54, 1.807) is 36.4 Å². The van der Waals surface area contributed by atoms with Crippen LogP contribution in [-0.4, -0.2) is 30.0 Å². The Morgan fingerprint density at radius 2 is 1.68 bits per heavy atom. The molecule has 1 aromatic heterocycles. The Kier molecular flexibility index (Phi) is 5.36. The van der Waals surface area contributed by atoms with E-state index < -0.39 is 21.6 Å². The molecule has 0 atom stereocenters. The summed E-state index contributed by atoms with van der Waals surface area (Å²) in [6.45, 7) is 1.52. The smallest absolute Gasteiger partial charge is 0.342 e. The van der Waals surface area contributed by atoms with Crippen molar-refractivity contribution in [1.29, 1.82) is 0 Å². The number of carbonyl (C=O) groups excluding carboxylic acids is 1. The molecule has 0 saturated heterocycles. The average molecular weight is 401 g/mol. The van der Waals surface area contributed by atoms with Crippen LogP contribution in [0.3, 0.4) is 0 Å². The van der Waals surface area contributed by atoms with Crippen molar-refractivity contribution >= 4 is 21.6 Å². The highest BCUT2D eigenvalue weighted by molar-refractivity contribution is 7.90. The van der Waals surface area contributed by atoms with Gasteiger partial charge in [0.2, 0.25) is 5.91 Å². The summed E-state index contributed by atoms with van der Waals surface area (Å²) in [5, 5.41) is 2.64. The molecule has 1 amide bonds. The Labute approximate surface area is 162 Å². The molecule has 1 heterocycles. The predicted molar refractivity (Wildman–Crippen MR) is 104 cm³/mol. The molecule has 1 N–H and O–H groups in total. The van der Waals surface area contributed by atoms with Crippen molar-refractivity contribution in [2.75, 3.05) is 12.4 Å². The van der Waals surface area contributed by atoms with Gasteiger partial charge in [-0.15, -0.1) is 0 Å². The number of imidazole rings is 1. The molecular formula is C19H19N3O5S. The maximum Gasteiger partial charge on any atom is 0.342 e. The maximum absolute atomic E-state index is 12.7. The lowest BCUT2D eigenvalue weighted by Crippen LogP contribution is -2.32. The van der Waals surface area contributed by atoms with Gasteiger partial charge in [-0.3, -0.25) is 9.36 Å². The van der Waals surface area contributed by atoms with Crippen molar-refractivity contribution in [3.63, 3.8) is 0 Å². The van der Waals surface area contributed by atoms with Crippen LogP contribution in [0.4, 0.5) is 5.69 Å². The minimum absolute atomic E-state index is 0.000587. The molecule has 0 saturated carbocycles. The molecule has 2 aromatic carbocycles. The van der Waals surface area contributed by atoms with Crippen LogP contribution in [-0.2, 0) is 21.4 Å². The Bertz CT molecular complexity index is 1140. The molecule has 0 radical (unpaired) electrons. The highest BCUT2D eigenvalue weighted by atomic mass is 32.2. The number of benzene rings is 2. The van der Waals surface area contributed by atoms with E-state index >= 15 is 0 Å². The van der Waals surface area contributed by atoms with Gasteiger partial charge < -0.3 is 10.1 Å². The quantitative estimate of drug-likeness (QED) is 0.679. The van der Waals surface area contributed by atoms with Crippen LogP contribution in [0.1, 0.15) is 5.56 Å². The normalized spacial score (nSPS) is 11.2.